The number of carbonyl (C=O) groups excluding carboxylic acids is 1. The second kappa shape index (κ2) is 7.02. The highest BCUT2D eigenvalue weighted by Gasteiger charge is 2.38. The highest BCUT2D eigenvalue weighted by atomic mass is 16.6. The molecule has 0 spiro atoms. The van der Waals surface area contributed by atoms with E-state index in [0.29, 0.717) is 6.54 Å². The summed E-state index contributed by atoms with van der Waals surface area (Å²) < 4.78 is 5.76. The Bertz CT molecular complexity index is 1110. The van der Waals surface area contributed by atoms with Gasteiger partial charge in [0.2, 0.25) is 0 Å². The molecule has 0 saturated carbocycles. The van der Waals surface area contributed by atoms with Crippen LogP contribution in [0, 0.1) is 0 Å². The molecule has 0 fully saturated rings. The van der Waals surface area contributed by atoms with Gasteiger partial charge < -0.3 is 9.64 Å². The third-order valence-electron chi connectivity index (χ3n) is 6.05. The Labute approximate surface area is 178 Å². The maximum atomic E-state index is 13.0. The summed E-state index contributed by atoms with van der Waals surface area (Å²) in [6.45, 7) is 6.47. The van der Waals surface area contributed by atoms with Gasteiger partial charge in [0.1, 0.15) is 5.60 Å². The van der Waals surface area contributed by atoms with Crippen molar-refractivity contribution < 1.29 is 9.53 Å². The van der Waals surface area contributed by atoms with Crippen LogP contribution < -0.4 is 0 Å². The van der Waals surface area contributed by atoms with Crippen LogP contribution in [0.3, 0.4) is 0 Å². The van der Waals surface area contributed by atoms with E-state index in [0.717, 1.165) is 12.8 Å². The molecule has 0 radical (unpaired) electrons. The summed E-state index contributed by atoms with van der Waals surface area (Å²) >= 11 is 0. The van der Waals surface area contributed by atoms with E-state index in [1.807, 2.05) is 25.7 Å². The van der Waals surface area contributed by atoms with Crippen molar-refractivity contribution in [1.29, 1.82) is 0 Å². The van der Waals surface area contributed by atoms with Gasteiger partial charge in [0, 0.05) is 6.54 Å². The van der Waals surface area contributed by atoms with Gasteiger partial charge in [0.15, 0.2) is 0 Å². The first-order chi connectivity index (χ1) is 14.4. The van der Waals surface area contributed by atoms with E-state index in [4.69, 9.17) is 4.74 Å². The molecule has 0 bridgehead atoms. The van der Waals surface area contributed by atoms with Gasteiger partial charge in [0.25, 0.3) is 0 Å². The quantitative estimate of drug-likeness (QED) is 0.475. The molecular formula is C27H27NO2. The molecule has 1 heterocycles. The Morgan fingerprint density at radius 3 is 2.40 bits per heavy atom. The highest BCUT2D eigenvalue weighted by Crippen LogP contribution is 2.47. The fourth-order valence-corrected chi connectivity index (χ4v) is 4.81. The van der Waals surface area contributed by atoms with Crippen LogP contribution >= 0.6 is 0 Å². The van der Waals surface area contributed by atoms with Crippen LogP contribution in [0.25, 0.3) is 22.3 Å². The minimum Gasteiger partial charge on any atom is -0.444 e. The molecule has 1 amide bonds. The lowest BCUT2D eigenvalue weighted by Crippen LogP contribution is -2.44. The molecule has 0 saturated heterocycles. The molecule has 1 aliphatic carbocycles. The van der Waals surface area contributed by atoms with Crippen LogP contribution in [-0.4, -0.2) is 23.1 Å². The molecule has 2 aliphatic rings. The van der Waals surface area contributed by atoms with E-state index in [9.17, 15) is 4.79 Å². The maximum absolute atomic E-state index is 13.0. The second-order valence-electron chi connectivity index (χ2n) is 9.26. The van der Waals surface area contributed by atoms with Gasteiger partial charge in [-0.25, -0.2) is 4.79 Å². The van der Waals surface area contributed by atoms with Gasteiger partial charge in [-0.2, -0.15) is 0 Å². The van der Waals surface area contributed by atoms with Gasteiger partial charge >= 0.3 is 6.09 Å². The fourth-order valence-electron chi connectivity index (χ4n) is 4.81. The van der Waals surface area contributed by atoms with Gasteiger partial charge in [-0.3, -0.25) is 0 Å². The molecule has 1 aliphatic heterocycles. The lowest BCUT2D eigenvalue weighted by atomic mass is 9.76. The zero-order valence-electron chi connectivity index (χ0n) is 17.8. The summed E-state index contributed by atoms with van der Waals surface area (Å²) in [4.78, 5) is 15.0. The van der Waals surface area contributed by atoms with Crippen LogP contribution in [0.4, 0.5) is 4.79 Å². The summed E-state index contributed by atoms with van der Waals surface area (Å²) in [5.41, 5.74) is 8.46. The Balaban J connectivity index is 1.65. The predicted octanol–water partition coefficient (Wildman–Crippen LogP) is 6.41. The molecule has 3 aromatic carbocycles. The van der Waals surface area contributed by atoms with Crippen LogP contribution in [-0.2, 0) is 17.6 Å². The largest absolute Gasteiger partial charge is 0.444 e. The standard InChI is InChI=1S/C27H27NO2/c1-27(2,3)30-26(29)28-14-13-20-15-21(18-9-5-4-6-10-18)16-23-22-12-8-7-11-19(22)17-24(28)25(20)23/h4-12,15-16,24H,13-14,17H2,1-3H3. The van der Waals surface area contributed by atoms with E-state index >= 15 is 0 Å². The number of fused-ring (bicyclic) bond motifs is 2. The minimum absolute atomic E-state index is 0.0262. The topological polar surface area (TPSA) is 29.5 Å². The number of carbonyl (C=O) groups is 1. The molecule has 3 nitrogen and oxygen atoms in total. The lowest BCUT2D eigenvalue weighted by molar-refractivity contribution is 0.0140. The molecule has 1 atom stereocenters. The molecule has 30 heavy (non-hydrogen) atoms. The Hall–Kier alpha value is -3.07. The van der Waals surface area contributed by atoms with Crippen molar-refractivity contribution in [1.82, 2.24) is 4.90 Å². The zero-order valence-corrected chi connectivity index (χ0v) is 17.8. The number of hydrogen-bond donors (Lipinski definition) is 0. The van der Waals surface area contributed by atoms with E-state index in [1.165, 1.54) is 38.9 Å². The van der Waals surface area contributed by atoms with E-state index in [1.54, 1.807) is 0 Å². The van der Waals surface area contributed by atoms with Gasteiger partial charge in [-0.1, -0.05) is 60.7 Å². The van der Waals surface area contributed by atoms with Crippen LogP contribution in [0.5, 0.6) is 0 Å². The smallest absolute Gasteiger partial charge is 0.410 e. The molecule has 5 rings (SSSR count). The number of hydrogen-bond acceptors (Lipinski definition) is 2. The summed E-state index contributed by atoms with van der Waals surface area (Å²) in [5.74, 6) is 0. The monoisotopic (exact) mass is 397 g/mol. The van der Waals surface area contributed by atoms with Crippen LogP contribution in [0.15, 0.2) is 66.7 Å². The Morgan fingerprint density at radius 1 is 0.900 bits per heavy atom. The Morgan fingerprint density at radius 2 is 1.63 bits per heavy atom. The highest BCUT2D eigenvalue weighted by molar-refractivity contribution is 5.82. The van der Waals surface area contributed by atoms with E-state index in [2.05, 4.69) is 66.7 Å². The third kappa shape index (κ3) is 3.28. The van der Waals surface area contributed by atoms with Gasteiger partial charge in [0.05, 0.1) is 6.04 Å². The average Bonchev–Trinajstić information content (AvgIpc) is 2.73. The van der Waals surface area contributed by atoms with Crippen molar-refractivity contribution in [2.24, 2.45) is 0 Å². The van der Waals surface area contributed by atoms with Crippen molar-refractivity contribution in [3.8, 4) is 22.3 Å². The molecule has 3 heteroatoms. The van der Waals surface area contributed by atoms with Crippen molar-refractivity contribution in [3.63, 3.8) is 0 Å². The minimum atomic E-state index is -0.496. The zero-order chi connectivity index (χ0) is 20.9. The second-order valence-corrected chi connectivity index (χ2v) is 9.26. The molecule has 152 valence electrons. The van der Waals surface area contributed by atoms with Gasteiger partial charge in [-0.15, -0.1) is 0 Å². The molecule has 1 unspecified atom stereocenters. The first-order valence-corrected chi connectivity index (χ1v) is 10.7. The fraction of sp³-hybridized carbons (Fsp3) is 0.296. The first-order valence-electron chi connectivity index (χ1n) is 10.7. The summed E-state index contributed by atoms with van der Waals surface area (Å²) in [7, 11) is 0. The first kappa shape index (κ1) is 18.9. The molecular weight excluding hydrogens is 370 g/mol. The number of benzene rings is 3. The van der Waals surface area contributed by atoms with Crippen LogP contribution in [0.2, 0.25) is 0 Å². The van der Waals surface area contributed by atoms with Crippen molar-refractivity contribution in [2.45, 2.75) is 45.3 Å². The lowest BCUT2D eigenvalue weighted by Gasteiger charge is -2.42. The van der Waals surface area contributed by atoms with Crippen molar-refractivity contribution in [2.75, 3.05) is 6.54 Å². The molecule has 0 N–H and O–H groups in total. The number of amides is 1. The normalized spacial score (nSPS) is 17.2. The predicted molar refractivity (Wildman–Crippen MR) is 120 cm³/mol. The molecule has 0 aromatic heterocycles. The number of rotatable bonds is 1. The average molecular weight is 398 g/mol. The van der Waals surface area contributed by atoms with Crippen LogP contribution in [0.1, 0.15) is 43.5 Å². The van der Waals surface area contributed by atoms with Gasteiger partial charge in [-0.05, 0) is 78.6 Å². The van der Waals surface area contributed by atoms with Crippen molar-refractivity contribution in [3.05, 3.63) is 83.4 Å². The van der Waals surface area contributed by atoms with Crippen molar-refractivity contribution >= 4 is 6.09 Å². The number of nitrogens with zero attached hydrogens (tertiary/aromatic N) is 1. The maximum Gasteiger partial charge on any atom is 0.410 e. The summed E-state index contributed by atoms with van der Waals surface area (Å²) in [6.07, 6.45) is 1.47. The van der Waals surface area contributed by atoms with E-state index in [-0.39, 0.29) is 12.1 Å². The number of ether oxygens (including phenoxy) is 1. The molecule has 3 aromatic rings. The third-order valence-corrected chi connectivity index (χ3v) is 6.05. The SMILES string of the molecule is CC(C)(C)OC(=O)N1CCc2cc(-c3ccccc3)cc3c2C1Cc1ccccc1-3. The van der Waals surface area contributed by atoms with E-state index < -0.39 is 5.60 Å². The summed E-state index contributed by atoms with van der Waals surface area (Å²) in [5, 5.41) is 0. The summed E-state index contributed by atoms with van der Waals surface area (Å²) in [6, 6.07) is 23.8. The Kier molecular flexibility index (Phi) is 4.43.